The zero-order chi connectivity index (χ0) is 13.0. The van der Waals surface area contributed by atoms with Crippen molar-refractivity contribution in [3.8, 4) is 11.4 Å². The third-order valence-corrected chi connectivity index (χ3v) is 2.56. The van der Waals surface area contributed by atoms with Gasteiger partial charge in [-0.15, -0.1) is 5.10 Å². The van der Waals surface area contributed by atoms with Gasteiger partial charge in [0.15, 0.2) is 5.82 Å². The summed E-state index contributed by atoms with van der Waals surface area (Å²) >= 11 is 0. The van der Waals surface area contributed by atoms with Gasteiger partial charge in [-0.25, -0.2) is 0 Å². The molecule has 0 saturated heterocycles. The second-order valence-electron chi connectivity index (χ2n) is 4.45. The first-order chi connectivity index (χ1) is 8.72. The Kier molecular flexibility index (Phi) is 3.92. The smallest absolute Gasteiger partial charge is 0.159 e. The maximum absolute atomic E-state index is 5.54. The zero-order valence-electron chi connectivity index (χ0n) is 11.0. The normalized spacial score (nSPS) is 10.9. The van der Waals surface area contributed by atoms with E-state index in [1.54, 1.807) is 4.68 Å². The number of nitrogens with zero attached hydrogens (tertiary/aromatic N) is 4. The number of hydrogen-bond acceptors (Lipinski definition) is 4. The molecule has 0 amide bonds. The van der Waals surface area contributed by atoms with Crippen molar-refractivity contribution in [3.05, 3.63) is 30.1 Å². The van der Waals surface area contributed by atoms with E-state index in [-0.39, 0.29) is 5.92 Å². The largest absolute Gasteiger partial charge is 0.494 e. The van der Waals surface area contributed by atoms with Gasteiger partial charge in [-0.1, -0.05) is 20.8 Å². The van der Waals surface area contributed by atoms with Gasteiger partial charge in [0.25, 0.3) is 0 Å². The van der Waals surface area contributed by atoms with Crippen LogP contribution in [0, 0.1) is 0 Å². The number of hydrogen-bond donors (Lipinski definition) is 0. The standard InChI is InChI=1S/C13H18N4O/c1-4-9-18-12-7-5-11(6-8-12)17-13(10(2)3)14-15-16-17/h5-8,10H,4,9H2,1-3H3. The summed E-state index contributed by atoms with van der Waals surface area (Å²) in [4.78, 5) is 0. The number of ether oxygens (including phenoxy) is 1. The highest BCUT2D eigenvalue weighted by molar-refractivity contribution is 5.37. The summed E-state index contributed by atoms with van der Waals surface area (Å²) in [7, 11) is 0. The first-order valence-electron chi connectivity index (χ1n) is 6.24. The van der Waals surface area contributed by atoms with E-state index < -0.39 is 0 Å². The summed E-state index contributed by atoms with van der Waals surface area (Å²) in [6.07, 6.45) is 1.01. The average Bonchev–Trinajstić information content (AvgIpc) is 2.86. The van der Waals surface area contributed by atoms with Gasteiger partial charge in [-0.2, -0.15) is 4.68 Å². The summed E-state index contributed by atoms with van der Waals surface area (Å²) < 4.78 is 7.30. The monoisotopic (exact) mass is 246 g/mol. The molecule has 0 saturated carbocycles. The Morgan fingerprint density at radius 2 is 1.94 bits per heavy atom. The maximum atomic E-state index is 5.54. The number of aromatic nitrogens is 4. The lowest BCUT2D eigenvalue weighted by Crippen LogP contribution is -2.04. The van der Waals surface area contributed by atoms with Crippen LogP contribution in [0.25, 0.3) is 5.69 Å². The van der Waals surface area contributed by atoms with Crippen LogP contribution in [-0.4, -0.2) is 26.8 Å². The molecule has 96 valence electrons. The molecular formula is C13H18N4O. The van der Waals surface area contributed by atoms with Crippen molar-refractivity contribution < 1.29 is 4.74 Å². The van der Waals surface area contributed by atoms with Gasteiger partial charge < -0.3 is 4.74 Å². The fraction of sp³-hybridized carbons (Fsp3) is 0.462. The third-order valence-electron chi connectivity index (χ3n) is 2.56. The molecule has 0 spiro atoms. The quantitative estimate of drug-likeness (QED) is 0.813. The highest BCUT2D eigenvalue weighted by atomic mass is 16.5. The van der Waals surface area contributed by atoms with Crippen molar-refractivity contribution in [2.24, 2.45) is 0 Å². The van der Waals surface area contributed by atoms with Crippen molar-refractivity contribution in [2.45, 2.75) is 33.1 Å². The molecule has 1 aromatic carbocycles. The van der Waals surface area contributed by atoms with Crippen LogP contribution in [0.2, 0.25) is 0 Å². The topological polar surface area (TPSA) is 52.8 Å². The van der Waals surface area contributed by atoms with Gasteiger partial charge >= 0.3 is 0 Å². The van der Waals surface area contributed by atoms with Crippen LogP contribution in [0.3, 0.4) is 0 Å². The molecule has 5 heteroatoms. The van der Waals surface area contributed by atoms with Crippen LogP contribution in [0.1, 0.15) is 38.9 Å². The number of tetrazole rings is 1. The van der Waals surface area contributed by atoms with E-state index in [2.05, 4.69) is 36.3 Å². The molecule has 2 aromatic rings. The molecule has 0 aliphatic rings. The first kappa shape index (κ1) is 12.5. The number of benzene rings is 1. The molecule has 2 rings (SSSR count). The molecule has 0 unspecified atom stereocenters. The Morgan fingerprint density at radius 1 is 1.22 bits per heavy atom. The summed E-state index contributed by atoms with van der Waals surface area (Å²) in [5, 5.41) is 11.8. The summed E-state index contributed by atoms with van der Waals surface area (Å²) in [6.45, 7) is 6.97. The van der Waals surface area contributed by atoms with Crippen LogP contribution >= 0.6 is 0 Å². The Balaban J connectivity index is 2.21. The molecule has 0 aliphatic heterocycles. The molecular weight excluding hydrogens is 228 g/mol. The minimum Gasteiger partial charge on any atom is -0.494 e. The van der Waals surface area contributed by atoms with E-state index in [9.17, 15) is 0 Å². The minimum atomic E-state index is 0.288. The lowest BCUT2D eigenvalue weighted by molar-refractivity contribution is 0.317. The van der Waals surface area contributed by atoms with Gasteiger partial charge in [0.2, 0.25) is 0 Å². The molecule has 18 heavy (non-hydrogen) atoms. The van der Waals surface area contributed by atoms with E-state index >= 15 is 0 Å². The Bertz CT molecular complexity index is 490. The van der Waals surface area contributed by atoms with Crippen molar-refractivity contribution in [1.29, 1.82) is 0 Å². The molecule has 5 nitrogen and oxygen atoms in total. The summed E-state index contributed by atoms with van der Waals surface area (Å²) in [5.74, 6) is 2.02. The molecule has 0 N–H and O–H groups in total. The predicted molar refractivity (Wildman–Crippen MR) is 69.0 cm³/mol. The number of rotatable bonds is 5. The van der Waals surface area contributed by atoms with Gasteiger partial charge in [0.05, 0.1) is 12.3 Å². The molecule has 0 fully saturated rings. The van der Waals surface area contributed by atoms with Crippen molar-refractivity contribution in [3.63, 3.8) is 0 Å². The van der Waals surface area contributed by atoms with Gasteiger partial charge in [-0.3, -0.25) is 0 Å². The lowest BCUT2D eigenvalue weighted by atomic mass is 10.2. The van der Waals surface area contributed by atoms with Crippen molar-refractivity contribution >= 4 is 0 Å². The van der Waals surface area contributed by atoms with E-state index in [0.717, 1.165) is 30.3 Å². The highest BCUT2D eigenvalue weighted by Gasteiger charge is 2.11. The van der Waals surface area contributed by atoms with E-state index in [1.165, 1.54) is 0 Å². The molecule has 0 atom stereocenters. The van der Waals surface area contributed by atoms with Crippen molar-refractivity contribution in [1.82, 2.24) is 20.2 Å². The van der Waals surface area contributed by atoms with Gasteiger partial charge in [-0.05, 0) is 41.1 Å². The molecule has 0 aliphatic carbocycles. The van der Waals surface area contributed by atoms with Crippen LogP contribution in [0.5, 0.6) is 5.75 Å². The van der Waals surface area contributed by atoms with Gasteiger partial charge in [0, 0.05) is 5.92 Å². The summed E-state index contributed by atoms with van der Waals surface area (Å²) in [5.41, 5.74) is 0.951. The molecule has 0 bridgehead atoms. The van der Waals surface area contributed by atoms with Crippen LogP contribution in [0.15, 0.2) is 24.3 Å². The second-order valence-corrected chi connectivity index (χ2v) is 4.45. The first-order valence-corrected chi connectivity index (χ1v) is 6.24. The average molecular weight is 246 g/mol. The van der Waals surface area contributed by atoms with Gasteiger partial charge in [0.1, 0.15) is 5.75 Å². The van der Waals surface area contributed by atoms with Crippen LogP contribution in [0.4, 0.5) is 0 Å². The third kappa shape index (κ3) is 2.67. The Labute approximate surface area is 107 Å². The molecule has 0 radical (unpaired) electrons. The van der Waals surface area contributed by atoms with Crippen LogP contribution in [-0.2, 0) is 0 Å². The molecule has 1 aromatic heterocycles. The Morgan fingerprint density at radius 3 is 2.56 bits per heavy atom. The Hall–Kier alpha value is -1.91. The lowest BCUT2D eigenvalue weighted by Gasteiger charge is -2.08. The fourth-order valence-electron chi connectivity index (χ4n) is 1.64. The van der Waals surface area contributed by atoms with E-state index in [4.69, 9.17) is 4.74 Å². The van der Waals surface area contributed by atoms with Crippen LogP contribution < -0.4 is 4.74 Å². The summed E-state index contributed by atoms with van der Waals surface area (Å²) in [6, 6.07) is 7.81. The van der Waals surface area contributed by atoms with Crippen molar-refractivity contribution in [2.75, 3.05) is 6.61 Å². The zero-order valence-corrected chi connectivity index (χ0v) is 11.0. The second kappa shape index (κ2) is 5.62. The van der Waals surface area contributed by atoms with E-state index in [0.29, 0.717) is 0 Å². The molecule has 1 heterocycles. The minimum absolute atomic E-state index is 0.288. The predicted octanol–water partition coefficient (Wildman–Crippen LogP) is 2.57. The fourth-order valence-corrected chi connectivity index (χ4v) is 1.64. The maximum Gasteiger partial charge on any atom is 0.159 e. The highest BCUT2D eigenvalue weighted by Crippen LogP contribution is 2.18. The van der Waals surface area contributed by atoms with E-state index in [1.807, 2.05) is 24.3 Å². The SMILES string of the molecule is CCCOc1ccc(-n2nnnc2C(C)C)cc1.